The lowest BCUT2D eigenvalue weighted by molar-refractivity contribution is -0.136. The average molecular weight is 577 g/mol. The van der Waals surface area contributed by atoms with Gasteiger partial charge in [-0.05, 0) is 44.5 Å². The molecule has 1 unspecified atom stereocenters. The zero-order valence-electron chi connectivity index (χ0n) is 23.3. The highest BCUT2D eigenvalue weighted by Crippen LogP contribution is 2.32. The number of carbonyl (C=O) groups is 4. The van der Waals surface area contributed by atoms with Gasteiger partial charge in [0.25, 0.3) is 11.8 Å². The SMILES string of the molecule is O=C1CCC(N2C(=O)c3cccc(NCCOCCOCCOCCOCCOC4CCNCC4)c3C2=O)C(=O)N1. The molecule has 0 aromatic heterocycles. The summed E-state index contributed by atoms with van der Waals surface area (Å²) in [5, 5.41) is 8.65. The number of fused-ring (bicyclic) bond motifs is 1. The van der Waals surface area contributed by atoms with Gasteiger partial charge in [-0.25, -0.2) is 0 Å². The van der Waals surface area contributed by atoms with Crippen LogP contribution in [0.15, 0.2) is 18.2 Å². The molecule has 41 heavy (non-hydrogen) atoms. The van der Waals surface area contributed by atoms with Crippen molar-refractivity contribution in [1.29, 1.82) is 0 Å². The summed E-state index contributed by atoms with van der Waals surface area (Å²) >= 11 is 0. The van der Waals surface area contributed by atoms with Crippen molar-refractivity contribution < 1.29 is 42.9 Å². The summed E-state index contributed by atoms with van der Waals surface area (Å²) < 4.78 is 27.9. The van der Waals surface area contributed by atoms with E-state index in [1.165, 1.54) is 0 Å². The standard InChI is InChI=1S/C28H40N4O9/c33-24-5-4-23(26(34)31-24)32-27(35)21-2-1-3-22(25(21)28(32)36)30-10-11-37-12-13-38-14-15-39-16-17-40-18-19-41-20-6-8-29-9-7-20/h1-3,20,23,29-30H,4-19H2,(H,31,33,34). The first kappa shape index (κ1) is 31.0. The Labute approximate surface area is 239 Å². The van der Waals surface area contributed by atoms with Crippen molar-refractivity contribution >= 4 is 29.3 Å². The van der Waals surface area contributed by atoms with E-state index in [4.69, 9.17) is 23.7 Å². The van der Waals surface area contributed by atoms with Crippen LogP contribution in [0.5, 0.6) is 0 Å². The largest absolute Gasteiger partial charge is 0.382 e. The highest BCUT2D eigenvalue weighted by Gasteiger charge is 2.45. The van der Waals surface area contributed by atoms with E-state index in [1.54, 1.807) is 18.2 Å². The van der Waals surface area contributed by atoms with Crippen molar-refractivity contribution in [3.63, 3.8) is 0 Å². The van der Waals surface area contributed by atoms with E-state index in [-0.39, 0.29) is 24.0 Å². The summed E-state index contributed by atoms with van der Waals surface area (Å²) in [5.74, 6) is -2.13. The number of nitrogens with one attached hydrogen (secondary N) is 3. The van der Waals surface area contributed by atoms with Crippen molar-refractivity contribution in [3.05, 3.63) is 29.3 Å². The van der Waals surface area contributed by atoms with Gasteiger partial charge in [0.1, 0.15) is 6.04 Å². The molecule has 4 rings (SSSR count). The Morgan fingerprint density at radius 2 is 1.41 bits per heavy atom. The maximum atomic E-state index is 13.1. The van der Waals surface area contributed by atoms with Crippen LogP contribution in [0.2, 0.25) is 0 Å². The summed E-state index contributed by atoms with van der Waals surface area (Å²) in [6, 6.07) is 3.94. The minimum Gasteiger partial charge on any atom is -0.382 e. The van der Waals surface area contributed by atoms with Crippen molar-refractivity contribution in [3.8, 4) is 0 Å². The van der Waals surface area contributed by atoms with Gasteiger partial charge in [0, 0.05) is 18.7 Å². The third-order valence-corrected chi connectivity index (χ3v) is 7.01. The number of imide groups is 2. The predicted molar refractivity (Wildman–Crippen MR) is 147 cm³/mol. The number of piperidine rings is 2. The fourth-order valence-electron chi connectivity index (χ4n) is 4.92. The van der Waals surface area contributed by atoms with Crippen LogP contribution in [-0.4, -0.2) is 120 Å². The second kappa shape index (κ2) is 16.5. The molecule has 0 saturated carbocycles. The molecule has 2 fully saturated rings. The molecule has 0 aliphatic carbocycles. The number of anilines is 1. The topological polar surface area (TPSA) is 154 Å². The zero-order chi connectivity index (χ0) is 28.9. The van der Waals surface area contributed by atoms with Crippen LogP contribution in [0.4, 0.5) is 5.69 Å². The number of carbonyl (C=O) groups excluding carboxylic acids is 4. The molecular formula is C28H40N4O9. The summed E-state index contributed by atoms with van der Waals surface area (Å²) in [7, 11) is 0. The number of amides is 4. The Hall–Kier alpha value is -2.94. The van der Waals surface area contributed by atoms with Gasteiger partial charge in [-0.3, -0.25) is 29.4 Å². The van der Waals surface area contributed by atoms with Crippen LogP contribution < -0.4 is 16.0 Å². The number of rotatable bonds is 18. The molecule has 1 aromatic rings. The van der Waals surface area contributed by atoms with Gasteiger partial charge in [-0.15, -0.1) is 0 Å². The molecule has 13 nitrogen and oxygen atoms in total. The number of ether oxygens (including phenoxy) is 5. The van der Waals surface area contributed by atoms with E-state index < -0.39 is 29.7 Å². The van der Waals surface area contributed by atoms with Gasteiger partial charge in [-0.1, -0.05) is 6.07 Å². The smallest absolute Gasteiger partial charge is 0.264 e. The Bertz CT molecular complexity index is 1050. The number of hydrogen-bond acceptors (Lipinski definition) is 11. The summed E-state index contributed by atoms with van der Waals surface area (Å²) in [4.78, 5) is 50.7. The predicted octanol–water partition coefficient (Wildman–Crippen LogP) is 0.335. The Morgan fingerprint density at radius 3 is 2.07 bits per heavy atom. The van der Waals surface area contributed by atoms with E-state index in [1.807, 2.05) is 0 Å². The van der Waals surface area contributed by atoms with E-state index in [0.717, 1.165) is 30.8 Å². The van der Waals surface area contributed by atoms with Crippen LogP contribution in [0.25, 0.3) is 0 Å². The van der Waals surface area contributed by atoms with Gasteiger partial charge in [0.15, 0.2) is 0 Å². The molecular weight excluding hydrogens is 536 g/mol. The lowest BCUT2D eigenvalue weighted by Gasteiger charge is -2.27. The Kier molecular flexibility index (Phi) is 12.5. The summed E-state index contributed by atoms with van der Waals surface area (Å²) in [5.41, 5.74) is 0.946. The van der Waals surface area contributed by atoms with Crippen molar-refractivity contribution in [2.75, 3.05) is 84.4 Å². The van der Waals surface area contributed by atoms with Crippen molar-refractivity contribution in [1.82, 2.24) is 15.5 Å². The minimum atomic E-state index is -0.996. The van der Waals surface area contributed by atoms with Crippen LogP contribution in [-0.2, 0) is 33.3 Å². The van der Waals surface area contributed by atoms with Crippen LogP contribution >= 0.6 is 0 Å². The molecule has 226 valence electrons. The lowest BCUT2D eigenvalue weighted by Crippen LogP contribution is -2.54. The normalized spacial score (nSPS) is 19.5. The van der Waals surface area contributed by atoms with Crippen molar-refractivity contribution in [2.24, 2.45) is 0 Å². The molecule has 0 bridgehead atoms. The Balaban J connectivity index is 1.01. The fourth-order valence-corrected chi connectivity index (χ4v) is 4.92. The number of nitrogens with zero attached hydrogens (tertiary/aromatic N) is 1. The maximum absolute atomic E-state index is 13.1. The summed E-state index contributed by atoms with van der Waals surface area (Å²) in [6.45, 7) is 6.74. The zero-order valence-corrected chi connectivity index (χ0v) is 23.3. The van der Waals surface area contributed by atoms with E-state index >= 15 is 0 Å². The van der Waals surface area contributed by atoms with Gasteiger partial charge >= 0.3 is 0 Å². The number of hydrogen-bond donors (Lipinski definition) is 3. The van der Waals surface area contributed by atoms with Gasteiger partial charge in [-0.2, -0.15) is 0 Å². The monoisotopic (exact) mass is 576 g/mol. The molecule has 2 saturated heterocycles. The van der Waals surface area contributed by atoms with Gasteiger partial charge in [0.05, 0.1) is 76.7 Å². The lowest BCUT2D eigenvalue weighted by atomic mass is 10.0. The number of benzene rings is 1. The first-order valence-electron chi connectivity index (χ1n) is 14.3. The summed E-state index contributed by atoms with van der Waals surface area (Å²) in [6.07, 6.45) is 2.65. The molecule has 3 heterocycles. The van der Waals surface area contributed by atoms with E-state index in [0.29, 0.717) is 77.8 Å². The van der Waals surface area contributed by atoms with E-state index in [2.05, 4.69) is 16.0 Å². The Morgan fingerprint density at radius 1 is 0.780 bits per heavy atom. The molecule has 3 N–H and O–H groups in total. The molecule has 0 spiro atoms. The van der Waals surface area contributed by atoms with Gasteiger partial charge < -0.3 is 34.3 Å². The van der Waals surface area contributed by atoms with Crippen LogP contribution in [0.1, 0.15) is 46.4 Å². The third-order valence-electron chi connectivity index (χ3n) is 7.01. The average Bonchev–Trinajstić information content (AvgIpc) is 3.23. The molecule has 3 aliphatic rings. The molecule has 0 radical (unpaired) electrons. The third kappa shape index (κ3) is 9.02. The highest BCUT2D eigenvalue weighted by molar-refractivity contribution is 6.25. The minimum absolute atomic E-state index is 0.0764. The second-order valence-corrected chi connectivity index (χ2v) is 9.87. The molecule has 1 atom stereocenters. The molecule has 4 amide bonds. The van der Waals surface area contributed by atoms with E-state index in [9.17, 15) is 19.2 Å². The van der Waals surface area contributed by atoms with Gasteiger partial charge in [0.2, 0.25) is 11.8 Å². The highest BCUT2D eigenvalue weighted by atomic mass is 16.6. The van der Waals surface area contributed by atoms with Crippen LogP contribution in [0, 0.1) is 0 Å². The molecule has 1 aromatic carbocycles. The second-order valence-electron chi connectivity index (χ2n) is 9.87. The first-order chi connectivity index (χ1) is 20.1. The van der Waals surface area contributed by atoms with Crippen molar-refractivity contribution in [2.45, 2.75) is 37.8 Å². The molecule has 3 aliphatic heterocycles. The van der Waals surface area contributed by atoms with Crippen LogP contribution in [0.3, 0.4) is 0 Å². The first-order valence-corrected chi connectivity index (χ1v) is 14.3. The fraction of sp³-hybridized carbons (Fsp3) is 0.643. The molecule has 13 heteroatoms. The maximum Gasteiger partial charge on any atom is 0.264 e. The quantitative estimate of drug-likeness (QED) is 0.164.